The Hall–Kier alpha value is -0.900. The molecule has 0 bridgehead atoms. The molecule has 1 aromatic rings. The summed E-state index contributed by atoms with van der Waals surface area (Å²) in [5.41, 5.74) is 1.37. The maximum absolute atomic E-state index is 9.86. The molecule has 0 fully saturated rings. The molecule has 3 nitrogen and oxygen atoms in total. The topological polar surface area (TPSA) is 41.5 Å². The fraction of sp³-hybridized carbons (Fsp3) is 0.667. The molecule has 0 aliphatic carbocycles. The number of rotatable bonds is 11. The number of aliphatic hydroxyl groups excluding tert-OH is 1. The number of hydrogen-bond donors (Lipinski definition) is 2. The fourth-order valence-corrected chi connectivity index (χ4v) is 2.40. The van der Waals surface area contributed by atoms with Gasteiger partial charge in [-0.3, -0.25) is 0 Å². The zero-order valence-electron chi connectivity index (χ0n) is 13.7. The molecule has 2 unspecified atom stereocenters. The fourth-order valence-electron chi connectivity index (χ4n) is 2.40. The first-order chi connectivity index (χ1) is 10.1. The molecule has 1 rings (SSSR count). The van der Waals surface area contributed by atoms with Gasteiger partial charge in [0, 0.05) is 6.54 Å². The first-order valence-corrected chi connectivity index (χ1v) is 8.12. The van der Waals surface area contributed by atoms with E-state index in [1.165, 1.54) is 5.56 Å². The summed E-state index contributed by atoms with van der Waals surface area (Å²) >= 11 is 0. The van der Waals surface area contributed by atoms with Gasteiger partial charge in [-0.05, 0) is 44.2 Å². The van der Waals surface area contributed by atoms with Crippen molar-refractivity contribution in [1.29, 1.82) is 0 Å². The van der Waals surface area contributed by atoms with Gasteiger partial charge < -0.3 is 15.2 Å². The Bertz CT molecular complexity index is 353. The summed E-state index contributed by atoms with van der Waals surface area (Å²) in [5.74, 6) is 0.633. The van der Waals surface area contributed by atoms with Gasteiger partial charge in [-0.1, -0.05) is 44.2 Å². The van der Waals surface area contributed by atoms with Crippen LogP contribution in [0.1, 0.15) is 39.2 Å². The normalized spacial score (nSPS) is 14.3. The summed E-state index contributed by atoms with van der Waals surface area (Å²) < 4.78 is 5.65. The Labute approximate surface area is 129 Å². The zero-order valence-corrected chi connectivity index (χ0v) is 13.7. The van der Waals surface area contributed by atoms with Crippen LogP contribution in [0.2, 0.25) is 0 Å². The molecule has 0 spiro atoms. The van der Waals surface area contributed by atoms with Gasteiger partial charge in [0.05, 0.1) is 18.8 Å². The average Bonchev–Trinajstić information content (AvgIpc) is 2.45. The highest BCUT2D eigenvalue weighted by Crippen LogP contribution is 2.07. The van der Waals surface area contributed by atoms with Gasteiger partial charge in [0.2, 0.25) is 0 Å². The monoisotopic (exact) mass is 293 g/mol. The smallest absolute Gasteiger partial charge is 0.0897 e. The molecule has 3 heteroatoms. The lowest BCUT2D eigenvalue weighted by Crippen LogP contribution is -2.32. The Kier molecular flexibility index (Phi) is 9.31. The van der Waals surface area contributed by atoms with Crippen molar-refractivity contribution in [2.45, 2.75) is 52.2 Å². The van der Waals surface area contributed by atoms with Gasteiger partial charge in [0.25, 0.3) is 0 Å². The van der Waals surface area contributed by atoms with Gasteiger partial charge >= 0.3 is 0 Å². The molecular weight excluding hydrogens is 262 g/mol. The Balaban J connectivity index is 1.99. The summed E-state index contributed by atoms with van der Waals surface area (Å²) in [6.45, 7) is 8.38. The highest BCUT2D eigenvalue weighted by atomic mass is 16.5. The lowest BCUT2D eigenvalue weighted by Gasteiger charge is -2.18. The van der Waals surface area contributed by atoms with Crippen LogP contribution in [0.3, 0.4) is 0 Å². The predicted molar refractivity (Wildman–Crippen MR) is 88.5 cm³/mol. The molecule has 0 saturated heterocycles. The SMILES string of the molecule is CC(C)CC(C)OCC(O)CNCCCc1ccccc1. The number of benzene rings is 1. The van der Waals surface area contributed by atoms with E-state index in [4.69, 9.17) is 4.74 Å². The summed E-state index contributed by atoms with van der Waals surface area (Å²) in [5, 5.41) is 13.2. The van der Waals surface area contributed by atoms with Crippen LogP contribution >= 0.6 is 0 Å². The van der Waals surface area contributed by atoms with Gasteiger partial charge in [0.1, 0.15) is 0 Å². The van der Waals surface area contributed by atoms with Gasteiger partial charge in [-0.15, -0.1) is 0 Å². The van der Waals surface area contributed by atoms with Gasteiger partial charge in [0.15, 0.2) is 0 Å². The molecule has 0 heterocycles. The second-order valence-electron chi connectivity index (χ2n) is 6.22. The third-order valence-corrected chi connectivity index (χ3v) is 3.42. The van der Waals surface area contributed by atoms with Crippen molar-refractivity contribution in [3.05, 3.63) is 35.9 Å². The molecule has 2 N–H and O–H groups in total. The maximum Gasteiger partial charge on any atom is 0.0897 e. The molecule has 120 valence electrons. The van der Waals surface area contributed by atoms with Crippen LogP contribution in [0.5, 0.6) is 0 Å². The quantitative estimate of drug-likeness (QED) is 0.616. The maximum atomic E-state index is 9.86. The van der Waals surface area contributed by atoms with E-state index in [1.54, 1.807) is 0 Å². The molecule has 0 radical (unpaired) electrons. The van der Waals surface area contributed by atoms with E-state index in [0.29, 0.717) is 19.1 Å². The van der Waals surface area contributed by atoms with Crippen molar-refractivity contribution in [2.24, 2.45) is 5.92 Å². The second-order valence-corrected chi connectivity index (χ2v) is 6.22. The van der Waals surface area contributed by atoms with Crippen molar-refractivity contribution in [3.8, 4) is 0 Å². The minimum Gasteiger partial charge on any atom is -0.389 e. The van der Waals surface area contributed by atoms with Crippen LogP contribution in [0.15, 0.2) is 30.3 Å². The minimum absolute atomic E-state index is 0.220. The molecule has 21 heavy (non-hydrogen) atoms. The largest absolute Gasteiger partial charge is 0.389 e. The third-order valence-electron chi connectivity index (χ3n) is 3.42. The lowest BCUT2D eigenvalue weighted by molar-refractivity contribution is -0.00842. The predicted octanol–water partition coefficient (Wildman–Crippen LogP) is 3.02. The van der Waals surface area contributed by atoms with Crippen molar-refractivity contribution < 1.29 is 9.84 Å². The molecular formula is C18H31NO2. The third kappa shape index (κ3) is 9.62. The first-order valence-electron chi connectivity index (χ1n) is 8.12. The van der Waals surface area contributed by atoms with E-state index in [-0.39, 0.29) is 6.10 Å². The first kappa shape index (κ1) is 18.1. The van der Waals surface area contributed by atoms with Crippen molar-refractivity contribution in [3.63, 3.8) is 0 Å². The Morgan fingerprint density at radius 3 is 2.52 bits per heavy atom. The van der Waals surface area contributed by atoms with Crippen LogP contribution in [-0.4, -0.2) is 37.0 Å². The minimum atomic E-state index is -0.420. The van der Waals surface area contributed by atoms with Crippen LogP contribution < -0.4 is 5.32 Å². The highest BCUT2D eigenvalue weighted by Gasteiger charge is 2.09. The molecule has 0 aromatic heterocycles. The summed E-state index contributed by atoms with van der Waals surface area (Å²) in [7, 11) is 0. The van der Waals surface area contributed by atoms with Crippen molar-refractivity contribution in [1.82, 2.24) is 5.32 Å². The van der Waals surface area contributed by atoms with Gasteiger partial charge in [-0.25, -0.2) is 0 Å². The number of hydrogen-bond acceptors (Lipinski definition) is 3. The van der Waals surface area contributed by atoms with E-state index in [1.807, 2.05) is 6.07 Å². The van der Waals surface area contributed by atoms with Crippen LogP contribution in [0.25, 0.3) is 0 Å². The molecule has 0 saturated carbocycles. The van der Waals surface area contributed by atoms with Gasteiger partial charge in [-0.2, -0.15) is 0 Å². The molecule has 2 atom stereocenters. The van der Waals surface area contributed by atoms with E-state index in [9.17, 15) is 5.11 Å². The van der Waals surface area contributed by atoms with Crippen LogP contribution in [0.4, 0.5) is 0 Å². The molecule has 0 aliphatic heterocycles. The van der Waals surface area contributed by atoms with Crippen LogP contribution in [0, 0.1) is 5.92 Å². The number of aryl methyl sites for hydroxylation is 1. The summed E-state index contributed by atoms with van der Waals surface area (Å²) in [6, 6.07) is 10.5. The number of aliphatic hydroxyl groups is 1. The standard InChI is InChI=1S/C18H31NO2/c1-15(2)12-16(3)21-14-18(20)13-19-11-7-10-17-8-5-4-6-9-17/h4-6,8-9,15-16,18-20H,7,10-14H2,1-3H3. The zero-order chi connectivity index (χ0) is 15.5. The number of ether oxygens (including phenoxy) is 1. The van der Waals surface area contributed by atoms with E-state index >= 15 is 0 Å². The van der Waals surface area contributed by atoms with Crippen LogP contribution in [-0.2, 0) is 11.2 Å². The second kappa shape index (κ2) is 10.8. The summed E-state index contributed by atoms with van der Waals surface area (Å²) in [6.07, 6.45) is 3.00. The Morgan fingerprint density at radius 1 is 1.14 bits per heavy atom. The lowest BCUT2D eigenvalue weighted by atomic mass is 10.1. The highest BCUT2D eigenvalue weighted by molar-refractivity contribution is 5.14. The average molecular weight is 293 g/mol. The Morgan fingerprint density at radius 2 is 1.86 bits per heavy atom. The van der Waals surface area contributed by atoms with Crippen molar-refractivity contribution in [2.75, 3.05) is 19.7 Å². The van der Waals surface area contributed by atoms with E-state index < -0.39 is 6.10 Å². The number of nitrogens with one attached hydrogen (secondary N) is 1. The molecule has 1 aromatic carbocycles. The molecule has 0 aliphatic rings. The van der Waals surface area contributed by atoms with E-state index in [0.717, 1.165) is 25.8 Å². The summed E-state index contributed by atoms with van der Waals surface area (Å²) in [4.78, 5) is 0. The van der Waals surface area contributed by atoms with E-state index in [2.05, 4.69) is 50.4 Å². The molecule has 0 amide bonds. The van der Waals surface area contributed by atoms with Crippen molar-refractivity contribution >= 4 is 0 Å².